The van der Waals surface area contributed by atoms with Crippen LogP contribution in [0.15, 0.2) is 82.0 Å². The second-order valence-corrected chi connectivity index (χ2v) is 8.68. The maximum atomic E-state index is 13.1. The zero-order valence-electron chi connectivity index (χ0n) is 19.3. The molecule has 5 aromatic rings. The first-order valence-electron chi connectivity index (χ1n) is 11.3. The summed E-state index contributed by atoms with van der Waals surface area (Å²) in [4.78, 5) is 36.1. The van der Waals surface area contributed by atoms with Crippen molar-refractivity contribution in [1.29, 1.82) is 0 Å². The Labute approximate surface area is 205 Å². The molecule has 2 aromatic heterocycles. The molecular weight excluding hydrogens is 458 g/mol. The number of nitrogens with two attached hydrogens (primary N) is 1. The zero-order chi connectivity index (χ0) is 25.0. The molecule has 0 spiro atoms. The average Bonchev–Trinajstić information content (AvgIpc) is 3.49. The predicted octanol–water partition coefficient (Wildman–Crippen LogP) is 3.50. The Kier molecular flexibility index (Phi) is 4.85. The lowest BCUT2D eigenvalue weighted by molar-refractivity contribution is 0.1000. The zero-order valence-corrected chi connectivity index (χ0v) is 19.3. The molecule has 1 aliphatic rings. The molecule has 3 aromatic carbocycles. The number of hydrogen-bond acceptors (Lipinski definition) is 7. The van der Waals surface area contributed by atoms with Gasteiger partial charge in [-0.05, 0) is 41.0 Å². The van der Waals surface area contributed by atoms with Gasteiger partial charge in [-0.2, -0.15) is 0 Å². The highest BCUT2D eigenvalue weighted by atomic mass is 16.4. The highest BCUT2D eigenvalue weighted by Gasteiger charge is 2.35. The quantitative estimate of drug-likeness (QED) is 0.404. The summed E-state index contributed by atoms with van der Waals surface area (Å²) in [5, 5.41) is 10.7. The van der Waals surface area contributed by atoms with Gasteiger partial charge in [0.1, 0.15) is 5.52 Å². The molecule has 1 aliphatic heterocycles. The Morgan fingerprint density at radius 3 is 2.56 bits per heavy atom. The van der Waals surface area contributed by atoms with Crippen molar-refractivity contribution in [2.24, 2.45) is 12.8 Å². The van der Waals surface area contributed by atoms with E-state index in [0.29, 0.717) is 29.2 Å². The van der Waals surface area contributed by atoms with Crippen molar-refractivity contribution in [2.75, 3.05) is 4.90 Å². The van der Waals surface area contributed by atoms with Gasteiger partial charge in [-0.25, -0.2) is 9.97 Å². The van der Waals surface area contributed by atoms with Crippen LogP contribution in [0.5, 0.6) is 5.75 Å². The van der Waals surface area contributed by atoms with Gasteiger partial charge in [0.2, 0.25) is 17.6 Å². The largest absolute Gasteiger partial charge is 0.501 e. The summed E-state index contributed by atoms with van der Waals surface area (Å²) in [5.41, 5.74) is 9.21. The van der Waals surface area contributed by atoms with Crippen molar-refractivity contribution < 1.29 is 14.3 Å². The van der Waals surface area contributed by atoms with Gasteiger partial charge in [0, 0.05) is 19.2 Å². The van der Waals surface area contributed by atoms with E-state index in [-0.39, 0.29) is 17.6 Å². The number of nitrogens with zero attached hydrogens (tertiary/aromatic N) is 4. The second-order valence-electron chi connectivity index (χ2n) is 8.68. The number of hydrogen-bond donors (Lipinski definition) is 2. The van der Waals surface area contributed by atoms with Crippen molar-refractivity contribution >= 4 is 23.0 Å². The number of aromatic hydroxyl groups is 1. The number of carbonyl (C=O) groups excluding carboxylic acids is 1. The number of aromatic nitrogens is 3. The molecule has 36 heavy (non-hydrogen) atoms. The average molecular weight is 479 g/mol. The number of fused-ring (bicyclic) bond motifs is 2. The minimum atomic E-state index is -0.627. The molecule has 0 saturated carbocycles. The first-order chi connectivity index (χ1) is 17.4. The Bertz CT molecular complexity index is 1670. The molecule has 178 valence electrons. The molecule has 0 saturated heterocycles. The Morgan fingerprint density at radius 1 is 1.06 bits per heavy atom. The molecular formula is C27H21N5O4. The van der Waals surface area contributed by atoms with Crippen molar-refractivity contribution in [3.8, 4) is 17.3 Å². The van der Waals surface area contributed by atoms with Gasteiger partial charge in [-0.15, -0.1) is 0 Å². The molecule has 1 amide bonds. The number of carbonyl (C=O) groups is 1. The van der Waals surface area contributed by atoms with Crippen LogP contribution in [0.2, 0.25) is 0 Å². The Balaban J connectivity index is 1.55. The third-order valence-corrected chi connectivity index (χ3v) is 6.49. The minimum absolute atomic E-state index is 0.0371. The van der Waals surface area contributed by atoms with E-state index < -0.39 is 17.2 Å². The summed E-state index contributed by atoms with van der Waals surface area (Å²) in [5.74, 6) is -0.689. The van der Waals surface area contributed by atoms with E-state index in [4.69, 9.17) is 10.2 Å². The standard InChI is InChI=1S/C27H21N5O4/c1-31-26(35)23(33)21(25-29-19-9-5-6-10-20(19)36-25)30-27(31)32-14-17-12-11-16(24(28)34)13-18(17)22(32)15-7-3-2-4-8-15/h2-13,22,33H,14H2,1H3,(H2,28,34). The third-order valence-electron chi connectivity index (χ3n) is 6.49. The van der Waals surface area contributed by atoms with E-state index in [1.165, 1.54) is 4.57 Å². The number of anilines is 1. The van der Waals surface area contributed by atoms with Gasteiger partial charge in [0.15, 0.2) is 11.3 Å². The van der Waals surface area contributed by atoms with E-state index in [2.05, 4.69) is 9.97 Å². The fourth-order valence-corrected chi connectivity index (χ4v) is 4.73. The molecule has 0 aliphatic carbocycles. The summed E-state index contributed by atoms with van der Waals surface area (Å²) < 4.78 is 7.12. The van der Waals surface area contributed by atoms with E-state index in [1.807, 2.05) is 53.4 Å². The van der Waals surface area contributed by atoms with Crippen LogP contribution in [0, 0.1) is 0 Å². The van der Waals surface area contributed by atoms with Crippen LogP contribution >= 0.6 is 0 Å². The molecule has 1 atom stereocenters. The van der Waals surface area contributed by atoms with Crippen molar-refractivity contribution in [2.45, 2.75) is 12.6 Å². The van der Waals surface area contributed by atoms with E-state index in [0.717, 1.165) is 16.7 Å². The lowest BCUT2D eigenvalue weighted by atomic mass is 9.96. The molecule has 9 heteroatoms. The van der Waals surface area contributed by atoms with E-state index >= 15 is 0 Å². The number of primary amides is 1. The highest BCUT2D eigenvalue weighted by molar-refractivity contribution is 5.93. The molecule has 0 fully saturated rings. The number of para-hydroxylation sites is 2. The third kappa shape index (κ3) is 3.32. The van der Waals surface area contributed by atoms with Gasteiger partial charge >= 0.3 is 0 Å². The lowest BCUT2D eigenvalue weighted by Gasteiger charge is -2.28. The Hall–Kier alpha value is -4.92. The van der Waals surface area contributed by atoms with Gasteiger partial charge in [0.25, 0.3) is 11.4 Å². The first kappa shape index (κ1) is 21.6. The molecule has 3 heterocycles. The summed E-state index contributed by atoms with van der Waals surface area (Å²) in [7, 11) is 1.56. The van der Waals surface area contributed by atoms with Gasteiger partial charge in [-0.1, -0.05) is 48.5 Å². The molecule has 0 radical (unpaired) electrons. The topological polar surface area (TPSA) is 127 Å². The fourth-order valence-electron chi connectivity index (χ4n) is 4.73. The number of amides is 1. The fraction of sp³-hybridized carbons (Fsp3) is 0.111. The number of benzene rings is 3. The van der Waals surface area contributed by atoms with Gasteiger partial charge < -0.3 is 20.2 Å². The normalized spacial score (nSPS) is 14.8. The smallest absolute Gasteiger partial charge is 0.297 e. The van der Waals surface area contributed by atoms with E-state index in [9.17, 15) is 14.7 Å². The SMILES string of the molecule is Cn1c(N2Cc3ccc(C(N)=O)cc3C2c2ccccc2)nc(-c2nc3ccccc3o2)c(O)c1=O. The molecule has 1 unspecified atom stereocenters. The van der Waals surface area contributed by atoms with Gasteiger partial charge in [-0.3, -0.25) is 14.2 Å². The summed E-state index contributed by atoms with van der Waals surface area (Å²) in [6, 6.07) is 21.9. The maximum Gasteiger partial charge on any atom is 0.297 e. The summed E-state index contributed by atoms with van der Waals surface area (Å²) in [6.45, 7) is 0.423. The number of rotatable bonds is 4. The van der Waals surface area contributed by atoms with Crippen LogP contribution < -0.4 is 16.2 Å². The van der Waals surface area contributed by atoms with Crippen molar-refractivity contribution in [3.05, 3.63) is 105 Å². The monoisotopic (exact) mass is 479 g/mol. The van der Waals surface area contributed by atoms with Crippen LogP contribution in [-0.4, -0.2) is 25.5 Å². The summed E-state index contributed by atoms with van der Waals surface area (Å²) in [6.07, 6.45) is 0. The van der Waals surface area contributed by atoms with Crippen LogP contribution in [0.1, 0.15) is 33.1 Å². The summed E-state index contributed by atoms with van der Waals surface area (Å²) >= 11 is 0. The number of oxazole rings is 1. The van der Waals surface area contributed by atoms with Crippen LogP contribution in [-0.2, 0) is 13.6 Å². The minimum Gasteiger partial charge on any atom is -0.501 e. The van der Waals surface area contributed by atoms with Crippen molar-refractivity contribution in [3.63, 3.8) is 0 Å². The Morgan fingerprint density at radius 2 is 1.81 bits per heavy atom. The molecule has 6 rings (SSSR count). The molecule has 0 bridgehead atoms. The van der Waals surface area contributed by atoms with Crippen molar-refractivity contribution in [1.82, 2.24) is 14.5 Å². The molecule has 9 nitrogen and oxygen atoms in total. The predicted molar refractivity (Wildman–Crippen MR) is 134 cm³/mol. The van der Waals surface area contributed by atoms with Crippen LogP contribution in [0.25, 0.3) is 22.7 Å². The van der Waals surface area contributed by atoms with E-state index in [1.54, 1.807) is 31.3 Å². The first-order valence-corrected chi connectivity index (χ1v) is 11.3. The second kappa shape index (κ2) is 8.09. The van der Waals surface area contributed by atoms with Gasteiger partial charge in [0.05, 0.1) is 6.04 Å². The maximum absolute atomic E-state index is 13.1. The van der Waals surface area contributed by atoms with Crippen LogP contribution in [0.4, 0.5) is 5.95 Å². The highest BCUT2D eigenvalue weighted by Crippen LogP contribution is 2.42. The van der Waals surface area contributed by atoms with Crippen LogP contribution in [0.3, 0.4) is 0 Å². The molecule has 3 N–H and O–H groups in total. The lowest BCUT2D eigenvalue weighted by Crippen LogP contribution is -2.31.